The highest BCUT2D eigenvalue weighted by Crippen LogP contribution is 2.59. The van der Waals surface area contributed by atoms with Gasteiger partial charge >= 0.3 is 0 Å². The van der Waals surface area contributed by atoms with Gasteiger partial charge in [0.25, 0.3) is 0 Å². The van der Waals surface area contributed by atoms with Crippen LogP contribution < -0.4 is 5.32 Å². The van der Waals surface area contributed by atoms with E-state index in [4.69, 9.17) is 4.74 Å². The molecule has 21 heavy (non-hydrogen) atoms. The van der Waals surface area contributed by atoms with Gasteiger partial charge in [-0.25, -0.2) is 0 Å². The Kier molecular flexibility index (Phi) is 3.99. The maximum Gasteiger partial charge on any atom is 0.226 e. The molecule has 1 aliphatic heterocycles. The van der Waals surface area contributed by atoms with Gasteiger partial charge in [0.05, 0.1) is 24.5 Å². The average Bonchev–Trinajstić information content (AvgIpc) is 2.97. The van der Waals surface area contributed by atoms with Crippen molar-refractivity contribution in [2.24, 2.45) is 11.3 Å². The van der Waals surface area contributed by atoms with Crippen LogP contribution in [0.25, 0.3) is 0 Å². The fourth-order valence-electron chi connectivity index (χ4n) is 3.49. The zero-order valence-electron chi connectivity index (χ0n) is 12.8. The summed E-state index contributed by atoms with van der Waals surface area (Å²) < 4.78 is 5.05. The highest BCUT2D eigenvalue weighted by Gasteiger charge is 2.58. The van der Waals surface area contributed by atoms with E-state index in [-0.39, 0.29) is 11.8 Å². The van der Waals surface area contributed by atoms with E-state index in [1.807, 2.05) is 18.0 Å². The van der Waals surface area contributed by atoms with Gasteiger partial charge in [-0.15, -0.1) is 0 Å². The van der Waals surface area contributed by atoms with Crippen molar-refractivity contribution in [3.05, 3.63) is 17.5 Å². The number of ether oxygens (including phenoxy) is 1. The summed E-state index contributed by atoms with van der Waals surface area (Å²) in [4.78, 5) is 14.4. The summed E-state index contributed by atoms with van der Waals surface area (Å²) in [7, 11) is 3.53. The first-order chi connectivity index (χ1) is 10.1. The van der Waals surface area contributed by atoms with Crippen molar-refractivity contribution in [1.82, 2.24) is 20.4 Å². The van der Waals surface area contributed by atoms with Crippen LogP contribution in [0.3, 0.4) is 0 Å². The van der Waals surface area contributed by atoms with Crippen LogP contribution >= 0.6 is 0 Å². The molecule has 2 fully saturated rings. The van der Waals surface area contributed by atoms with Crippen LogP contribution in [0.15, 0.2) is 6.07 Å². The van der Waals surface area contributed by atoms with Crippen molar-refractivity contribution >= 4 is 5.91 Å². The molecule has 1 aromatic heterocycles. The molecule has 1 spiro atoms. The maximum atomic E-state index is 12.6. The van der Waals surface area contributed by atoms with E-state index in [1.54, 1.807) is 7.11 Å². The second-order valence-electron chi connectivity index (χ2n) is 6.38. The lowest BCUT2D eigenvalue weighted by Crippen LogP contribution is -2.34. The number of piperidine rings is 1. The van der Waals surface area contributed by atoms with E-state index in [0.29, 0.717) is 18.6 Å². The van der Waals surface area contributed by atoms with Crippen molar-refractivity contribution in [3.63, 3.8) is 0 Å². The fourth-order valence-corrected chi connectivity index (χ4v) is 3.49. The molecule has 3 rings (SSSR count). The Morgan fingerprint density at radius 2 is 2.29 bits per heavy atom. The SMILES string of the molecule is COCc1cc(CN(C)C(=O)[C@@H]2CC23CCNCC3)[nH]n1. The molecule has 1 saturated carbocycles. The molecule has 6 nitrogen and oxygen atoms in total. The van der Waals surface area contributed by atoms with Crippen molar-refractivity contribution in [2.75, 3.05) is 27.2 Å². The molecule has 2 heterocycles. The number of aromatic amines is 1. The fraction of sp³-hybridized carbons (Fsp3) is 0.733. The number of nitrogens with zero attached hydrogens (tertiary/aromatic N) is 2. The molecule has 1 saturated heterocycles. The van der Waals surface area contributed by atoms with E-state index in [2.05, 4.69) is 15.5 Å². The molecule has 2 N–H and O–H groups in total. The lowest BCUT2D eigenvalue weighted by Gasteiger charge is -2.25. The standard InChI is InChI=1S/C15H24N4O2/c1-19(9-11-7-12(10-21-2)18-17-11)14(20)13-8-15(13)3-5-16-6-4-15/h7,13,16H,3-6,8-10H2,1-2H3,(H,17,18)/t13-/m0/s1. The third kappa shape index (κ3) is 2.96. The molecule has 0 radical (unpaired) electrons. The molecule has 2 aliphatic rings. The van der Waals surface area contributed by atoms with Gasteiger partial charge in [-0.05, 0) is 43.8 Å². The van der Waals surface area contributed by atoms with Crippen LogP contribution in [-0.2, 0) is 22.7 Å². The van der Waals surface area contributed by atoms with Gasteiger partial charge in [0, 0.05) is 20.1 Å². The maximum absolute atomic E-state index is 12.6. The molecule has 1 amide bonds. The van der Waals surface area contributed by atoms with Gasteiger partial charge in [-0.1, -0.05) is 0 Å². The number of rotatable bonds is 5. The van der Waals surface area contributed by atoms with Gasteiger partial charge in [-0.2, -0.15) is 5.10 Å². The van der Waals surface area contributed by atoms with Crippen LogP contribution in [0.4, 0.5) is 0 Å². The zero-order chi connectivity index (χ0) is 14.9. The normalized spacial score (nSPS) is 23.2. The summed E-state index contributed by atoms with van der Waals surface area (Å²) in [6.45, 7) is 3.18. The number of H-pyrrole nitrogens is 1. The Balaban J connectivity index is 1.55. The number of amides is 1. The Hall–Kier alpha value is -1.40. The van der Waals surface area contributed by atoms with E-state index >= 15 is 0 Å². The molecule has 6 heteroatoms. The highest BCUT2D eigenvalue weighted by molar-refractivity contribution is 5.82. The lowest BCUT2D eigenvalue weighted by molar-refractivity contribution is -0.132. The molecule has 1 aromatic rings. The zero-order valence-corrected chi connectivity index (χ0v) is 12.8. The summed E-state index contributed by atoms with van der Waals surface area (Å²) in [5.41, 5.74) is 2.12. The van der Waals surface area contributed by atoms with E-state index in [1.165, 1.54) is 0 Å². The summed E-state index contributed by atoms with van der Waals surface area (Å²) in [6, 6.07) is 1.96. The van der Waals surface area contributed by atoms with E-state index in [9.17, 15) is 4.79 Å². The second-order valence-corrected chi connectivity index (χ2v) is 6.38. The van der Waals surface area contributed by atoms with Gasteiger partial charge in [0.15, 0.2) is 0 Å². The second kappa shape index (κ2) is 5.77. The van der Waals surface area contributed by atoms with Gasteiger partial charge < -0.3 is 15.0 Å². The predicted octanol–water partition coefficient (Wildman–Crippen LogP) is 0.904. The number of methoxy groups -OCH3 is 1. The molecule has 1 aliphatic carbocycles. The van der Waals surface area contributed by atoms with Crippen LogP contribution in [0.1, 0.15) is 30.7 Å². The summed E-state index contributed by atoms with van der Waals surface area (Å²) in [6.07, 6.45) is 3.34. The minimum Gasteiger partial charge on any atom is -0.378 e. The van der Waals surface area contributed by atoms with Crippen molar-refractivity contribution < 1.29 is 9.53 Å². The highest BCUT2D eigenvalue weighted by atomic mass is 16.5. The number of carbonyl (C=O) groups is 1. The molecule has 1 atom stereocenters. The van der Waals surface area contributed by atoms with Gasteiger partial charge in [0.1, 0.15) is 0 Å². The first-order valence-corrected chi connectivity index (χ1v) is 7.62. The number of aromatic nitrogens is 2. The molecule has 0 bridgehead atoms. The largest absolute Gasteiger partial charge is 0.378 e. The number of hydrogen-bond donors (Lipinski definition) is 2. The minimum atomic E-state index is 0.228. The van der Waals surface area contributed by atoms with Gasteiger partial charge in [0.2, 0.25) is 5.91 Å². The quantitative estimate of drug-likeness (QED) is 0.846. The first-order valence-electron chi connectivity index (χ1n) is 7.62. The van der Waals surface area contributed by atoms with Gasteiger partial charge in [-0.3, -0.25) is 9.89 Å². The molecular formula is C15H24N4O2. The topological polar surface area (TPSA) is 70.2 Å². The molecular weight excluding hydrogens is 268 g/mol. The van der Waals surface area contributed by atoms with Crippen LogP contribution in [0.5, 0.6) is 0 Å². The predicted molar refractivity (Wildman–Crippen MR) is 78.4 cm³/mol. The summed E-state index contributed by atoms with van der Waals surface area (Å²) in [5, 5.41) is 10.5. The molecule has 0 unspecified atom stereocenters. The van der Waals surface area contributed by atoms with E-state index in [0.717, 1.165) is 43.7 Å². The number of hydrogen-bond acceptors (Lipinski definition) is 4. The van der Waals surface area contributed by atoms with Crippen molar-refractivity contribution in [2.45, 2.75) is 32.4 Å². The third-order valence-corrected chi connectivity index (χ3v) is 4.85. The lowest BCUT2D eigenvalue weighted by atomic mass is 9.91. The van der Waals surface area contributed by atoms with Crippen molar-refractivity contribution in [3.8, 4) is 0 Å². The smallest absolute Gasteiger partial charge is 0.226 e. The Morgan fingerprint density at radius 1 is 1.52 bits per heavy atom. The van der Waals surface area contributed by atoms with Crippen LogP contribution in [0.2, 0.25) is 0 Å². The number of nitrogens with one attached hydrogen (secondary N) is 2. The minimum absolute atomic E-state index is 0.228. The third-order valence-electron chi connectivity index (χ3n) is 4.85. The Morgan fingerprint density at radius 3 is 3.00 bits per heavy atom. The van der Waals surface area contributed by atoms with Crippen LogP contribution in [0, 0.1) is 11.3 Å². The van der Waals surface area contributed by atoms with Crippen LogP contribution in [-0.4, -0.2) is 48.3 Å². The Labute approximate surface area is 125 Å². The monoisotopic (exact) mass is 292 g/mol. The summed E-state index contributed by atoms with van der Waals surface area (Å²) >= 11 is 0. The number of carbonyl (C=O) groups excluding carboxylic acids is 1. The summed E-state index contributed by atoms with van der Waals surface area (Å²) in [5.74, 6) is 0.505. The first kappa shape index (κ1) is 14.5. The average molecular weight is 292 g/mol. The Bertz CT molecular complexity index is 508. The van der Waals surface area contributed by atoms with Crippen molar-refractivity contribution in [1.29, 1.82) is 0 Å². The van der Waals surface area contributed by atoms with E-state index < -0.39 is 0 Å². The molecule has 116 valence electrons. The molecule has 0 aromatic carbocycles.